The van der Waals surface area contributed by atoms with Crippen molar-refractivity contribution < 1.29 is 19.2 Å². The lowest BCUT2D eigenvalue weighted by atomic mass is 9.92. The molecule has 0 bridgehead atoms. The summed E-state index contributed by atoms with van der Waals surface area (Å²) in [5.41, 5.74) is 1.76. The molecule has 2 aromatic carbocycles. The predicted molar refractivity (Wildman–Crippen MR) is 194 cm³/mol. The number of aromatic nitrogens is 4. The van der Waals surface area contributed by atoms with Crippen molar-refractivity contribution in [3.05, 3.63) is 68.9 Å². The SMILES string of the molecule is CCCCCCCCCCCCCCOC(=O)Nc1cccc(C(=O)Nc2ccc([N+](=O)[O-])cc2-c2nc3c(Cl)c(C(C)(C)C)[nH]n3n2)c1. The van der Waals surface area contributed by atoms with Crippen molar-refractivity contribution in [2.45, 2.75) is 110 Å². The molecule has 0 fully saturated rings. The van der Waals surface area contributed by atoms with Gasteiger partial charge >= 0.3 is 6.09 Å². The van der Waals surface area contributed by atoms with Crippen LogP contribution in [0.3, 0.4) is 0 Å². The molecule has 0 saturated carbocycles. The van der Waals surface area contributed by atoms with Crippen molar-refractivity contribution in [1.82, 2.24) is 19.8 Å². The number of aromatic amines is 1. The topological polar surface area (TPSA) is 157 Å². The third kappa shape index (κ3) is 10.8. The summed E-state index contributed by atoms with van der Waals surface area (Å²) in [5, 5.41) is 25.0. The van der Waals surface area contributed by atoms with Crippen molar-refractivity contribution >= 4 is 46.3 Å². The molecule has 12 nitrogen and oxygen atoms in total. The molecule has 4 aromatic rings. The number of benzene rings is 2. The minimum absolute atomic E-state index is 0.138. The molecule has 0 saturated heterocycles. The lowest BCUT2D eigenvalue weighted by Gasteiger charge is -2.16. The fourth-order valence-electron chi connectivity index (χ4n) is 5.54. The quantitative estimate of drug-likeness (QED) is 0.0531. The Labute approximate surface area is 292 Å². The number of unbranched alkanes of at least 4 members (excludes halogenated alkanes) is 11. The van der Waals surface area contributed by atoms with E-state index in [9.17, 15) is 19.7 Å². The van der Waals surface area contributed by atoms with Crippen LogP contribution in [0.1, 0.15) is 121 Å². The number of carbonyl (C=O) groups excluding carboxylic acids is 2. The van der Waals surface area contributed by atoms with Gasteiger partial charge in [0.05, 0.1) is 28.5 Å². The molecule has 3 N–H and O–H groups in total. The Balaban J connectivity index is 1.30. The standard InChI is InChI=1S/C36H48ClN7O5/c1-5-6-7-8-9-10-11-12-13-14-15-16-22-49-35(46)38-26-19-17-18-25(23-26)34(45)39-29-21-20-27(44(47)48)24-28(29)32-40-33-30(37)31(36(2,3)4)41-43(33)42-32/h17-21,23-24,41H,5-16,22H2,1-4H3,(H,38,46)(H,39,45). The van der Waals surface area contributed by atoms with Gasteiger partial charge in [0.1, 0.15) is 5.02 Å². The van der Waals surface area contributed by atoms with E-state index in [-0.39, 0.29) is 33.7 Å². The largest absolute Gasteiger partial charge is 0.449 e. The van der Waals surface area contributed by atoms with E-state index in [4.69, 9.17) is 16.3 Å². The molecular weight excluding hydrogens is 646 g/mol. The molecule has 264 valence electrons. The summed E-state index contributed by atoms with van der Waals surface area (Å²) in [5.74, 6) is -0.361. The van der Waals surface area contributed by atoms with E-state index in [1.807, 2.05) is 20.8 Å². The van der Waals surface area contributed by atoms with Crippen LogP contribution in [0.4, 0.5) is 21.9 Å². The van der Waals surface area contributed by atoms with E-state index in [1.165, 1.54) is 86.7 Å². The Kier molecular flexibility index (Phi) is 13.6. The van der Waals surface area contributed by atoms with Crippen LogP contribution in [0.5, 0.6) is 0 Å². The predicted octanol–water partition coefficient (Wildman–Crippen LogP) is 10.1. The molecule has 0 aliphatic rings. The first-order valence-electron chi connectivity index (χ1n) is 17.3. The van der Waals surface area contributed by atoms with Gasteiger partial charge in [0.15, 0.2) is 11.5 Å². The highest BCUT2D eigenvalue weighted by Crippen LogP contribution is 2.34. The van der Waals surface area contributed by atoms with E-state index in [2.05, 4.69) is 32.7 Å². The minimum atomic E-state index is -0.590. The fraction of sp³-hybridized carbons (Fsp3) is 0.500. The van der Waals surface area contributed by atoms with Crippen molar-refractivity contribution in [1.29, 1.82) is 0 Å². The second kappa shape index (κ2) is 17.8. The number of nitro benzene ring substituents is 1. The number of anilines is 2. The molecule has 2 heterocycles. The molecule has 0 unspecified atom stereocenters. The molecular formula is C36H48ClN7O5. The normalized spacial score (nSPS) is 11.5. The smallest absolute Gasteiger partial charge is 0.411 e. The molecule has 13 heteroatoms. The van der Waals surface area contributed by atoms with Gasteiger partial charge in [-0.25, -0.2) is 9.78 Å². The summed E-state index contributed by atoms with van der Waals surface area (Å²) in [6.45, 7) is 8.55. The highest BCUT2D eigenvalue weighted by Gasteiger charge is 2.26. The van der Waals surface area contributed by atoms with Crippen molar-refractivity contribution in [3.63, 3.8) is 0 Å². The zero-order valence-corrected chi connectivity index (χ0v) is 29.7. The van der Waals surface area contributed by atoms with Gasteiger partial charge in [0, 0.05) is 28.8 Å². The first kappa shape index (κ1) is 37.4. The molecule has 0 atom stereocenters. The summed E-state index contributed by atoms with van der Waals surface area (Å²) in [6.07, 6.45) is 14.1. The first-order chi connectivity index (χ1) is 23.5. The van der Waals surface area contributed by atoms with E-state index in [0.717, 1.165) is 25.0 Å². The minimum Gasteiger partial charge on any atom is -0.449 e. The van der Waals surface area contributed by atoms with Gasteiger partial charge in [-0.15, -0.1) is 5.10 Å². The third-order valence-corrected chi connectivity index (χ3v) is 8.65. The number of non-ortho nitro benzene ring substituents is 1. The van der Waals surface area contributed by atoms with Gasteiger partial charge in [-0.1, -0.05) is 116 Å². The number of ether oxygens (including phenoxy) is 1. The van der Waals surface area contributed by atoms with Crippen LogP contribution in [0, 0.1) is 10.1 Å². The lowest BCUT2D eigenvalue weighted by molar-refractivity contribution is -0.384. The summed E-state index contributed by atoms with van der Waals surface area (Å²) >= 11 is 6.59. The number of fused-ring (bicyclic) bond motifs is 1. The van der Waals surface area contributed by atoms with Crippen LogP contribution in [-0.4, -0.2) is 43.3 Å². The number of hydrogen-bond acceptors (Lipinski definition) is 7. The lowest BCUT2D eigenvalue weighted by Crippen LogP contribution is -2.16. The number of hydrogen-bond donors (Lipinski definition) is 3. The molecule has 49 heavy (non-hydrogen) atoms. The zero-order chi connectivity index (χ0) is 35.4. The van der Waals surface area contributed by atoms with Gasteiger partial charge in [-0.2, -0.15) is 4.63 Å². The average molecular weight is 694 g/mol. The molecule has 2 aromatic heterocycles. The Morgan fingerprint density at radius 1 is 0.939 bits per heavy atom. The van der Waals surface area contributed by atoms with Crippen molar-refractivity contribution in [2.24, 2.45) is 0 Å². The number of halogens is 1. The summed E-state index contributed by atoms with van der Waals surface area (Å²) < 4.78 is 6.76. The van der Waals surface area contributed by atoms with Crippen molar-refractivity contribution in [2.75, 3.05) is 17.2 Å². The maximum absolute atomic E-state index is 13.3. The maximum atomic E-state index is 13.3. The number of rotatable bonds is 18. The third-order valence-electron chi connectivity index (χ3n) is 8.30. The molecule has 0 aliphatic carbocycles. The Morgan fingerprint density at radius 3 is 2.20 bits per heavy atom. The second-order valence-corrected chi connectivity index (χ2v) is 13.8. The molecule has 4 rings (SSSR count). The molecule has 0 aliphatic heterocycles. The highest BCUT2D eigenvalue weighted by atomic mass is 35.5. The van der Waals surface area contributed by atoms with Crippen LogP contribution < -0.4 is 10.6 Å². The number of nitrogens with zero attached hydrogens (tertiary/aromatic N) is 4. The number of nitrogens with one attached hydrogen (secondary N) is 3. The van der Waals surface area contributed by atoms with Gasteiger partial charge in [-0.05, 0) is 30.7 Å². The Bertz CT molecular complexity index is 1730. The van der Waals surface area contributed by atoms with E-state index >= 15 is 0 Å². The Morgan fingerprint density at radius 2 is 1.59 bits per heavy atom. The Hall–Kier alpha value is -4.45. The number of H-pyrrole nitrogens is 1. The van der Waals surface area contributed by atoms with Crippen LogP contribution in [0.25, 0.3) is 17.0 Å². The van der Waals surface area contributed by atoms with Gasteiger partial charge in [0.25, 0.3) is 11.6 Å². The van der Waals surface area contributed by atoms with E-state index < -0.39 is 16.9 Å². The number of carbonyl (C=O) groups is 2. The van der Waals surface area contributed by atoms with Gasteiger partial charge in [-0.3, -0.25) is 25.3 Å². The van der Waals surface area contributed by atoms with Crippen molar-refractivity contribution in [3.8, 4) is 11.4 Å². The first-order valence-corrected chi connectivity index (χ1v) is 17.6. The second-order valence-electron chi connectivity index (χ2n) is 13.4. The summed E-state index contributed by atoms with van der Waals surface area (Å²) in [7, 11) is 0. The molecule has 2 amide bonds. The molecule has 0 radical (unpaired) electrons. The number of nitro groups is 1. The van der Waals surface area contributed by atoms with Crippen LogP contribution >= 0.6 is 11.6 Å². The fourth-order valence-corrected chi connectivity index (χ4v) is 5.99. The zero-order valence-electron chi connectivity index (χ0n) is 28.9. The van der Waals surface area contributed by atoms with Crippen LogP contribution in [0.15, 0.2) is 42.5 Å². The summed E-state index contributed by atoms with van der Waals surface area (Å²) in [4.78, 5) is 41.3. The van der Waals surface area contributed by atoms with Gasteiger partial charge < -0.3 is 10.1 Å². The van der Waals surface area contributed by atoms with E-state index in [0.29, 0.717) is 23.0 Å². The molecule has 0 spiro atoms. The number of amides is 2. The monoisotopic (exact) mass is 693 g/mol. The van der Waals surface area contributed by atoms with Gasteiger partial charge in [0.2, 0.25) is 0 Å². The van der Waals surface area contributed by atoms with Crippen LogP contribution in [0.2, 0.25) is 5.02 Å². The summed E-state index contributed by atoms with van der Waals surface area (Å²) in [6, 6.07) is 10.4. The maximum Gasteiger partial charge on any atom is 0.411 e. The van der Waals surface area contributed by atoms with E-state index in [1.54, 1.807) is 18.2 Å². The van der Waals surface area contributed by atoms with Crippen LogP contribution in [-0.2, 0) is 10.2 Å². The highest BCUT2D eigenvalue weighted by molar-refractivity contribution is 6.34. The average Bonchev–Trinajstić information content (AvgIpc) is 3.62.